The average Bonchev–Trinajstić information content (AvgIpc) is 3.54. The SMILES string of the molecule is COc1cccc(CN2CCN([C@H]3CCN(c4ccc(S(=O)(=O)Nc5nccs5)cc4)C3=O)CC2)c1.[HH]. The minimum absolute atomic E-state index is 0. The first-order valence-corrected chi connectivity index (χ1v) is 14.2. The van der Waals surface area contributed by atoms with Gasteiger partial charge in [0.15, 0.2) is 5.13 Å². The fraction of sp³-hybridized carbons (Fsp3) is 0.360. The zero-order chi connectivity index (χ0) is 25.1. The molecule has 0 bridgehead atoms. The number of carbonyl (C=O) groups excluding carboxylic acids is 1. The number of thiazole rings is 1. The number of anilines is 2. The summed E-state index contributed by atoms with van der Waals surface area (Å²) in [7, 11) is -2.04. The summed E-state index contributed by atoms with van der Waals surface area (Å²) in [6.45, 7) is 4.97. The minimum Gasteiger partial charge on any atom is -0.497 e. The number of sulfonamides is 1. The van der Waals surface area contributed by atoms with Gasteiger partial charge in [0.2, 0.25) is 5.91 Å². The molecule has 0 spiro atoms. The van der Waals surface area contributed by atoms with E-state index in [1.165, 1.54) is 29.0 Å². The third kappa shape index (κ3) is 5.39. The van der Waals surface area contributed by atoms with Gasteiger partial charge in [-0.2, -0.15) is 0 Å². The Kier molecular flexibility index (Phi) is 7.24. The van der Waals surface area contributed by atoms with Crippen LogP contribution in [-0.4, -0.2) is 75.0 Å². The van der Waals surface area contributed by atoms with Gasteiger partial charge in [-0.05, 0) is 48.4 Å². The maximum Gasteiger partial charge on any atom is 0.263 e. The Hall–Kier alpha value is -2.99. The second kappa shape index (κ2) is 10.6. The van der Waals surface area contributed by atoms with Crippen LogP contribution in [0.1, 0.15) is 13.4 Å². The number of benzene rings is 2. The van der Waals surface area contributed by atoms with Crippen LogP contribution in [0.25, 0.3) is 0 Å². The minimum atomic E-state index is -3.72. The lowest BCUT2D eigenvalue weighted by Crippen LogP contribution is -2.52. The molecule has 1 atom stereocenters. The van der Waals surface area contributed by atoms with E-state index in [0.29, 0.717) is 17.4 Å². The van der Waals surface area contributed by atoms with E-state index >= 15 is 0 Å². The molecule has 2 aromatic carbocycles. The molecule has 3 aromatic rings. The Bertz CT molecular complexity index is 1300. The second-order valence-electron chi connectivity index (χ2n) is 8.89. The van der Waals surface area contributed by atoms with E-state index in [-0.39, 0.29) is 18.3 Å². The number of nitrogens with zero attached hydrogens (tertiary/aromatic N) is 4. The van der Waals surface area contributed by atoms with Crippen molar-refractivity contribution in [1.82, 2.24) is 14.8 Å². The van der Waals surface area contributed by atoms with Crippen molar-refractivity contribution >= 4 is 38.1 Å². The Morgan fingerprint density at radius 1 is 1.11 bits per heavy atom. The van der Waals surface area contributed by atoms with Crippen molar-refractivity contribution in [3.8, 4) is 5.75 Å². The highest BCUT2D eigenvalue weighted by atomic mass is 32.2. The van der Waals surface area contributed by atoms with Crippen LogP contribution in [0.5, 0.6) is 5.75 Å². The summed E-state index contributed by atoms with van der Waals surface area (Å²) in [4.78, 5) is 23.8. The van der Waals surface area contributed by atoms with Crippen molar-refractivity contribution in [3.05, 3.63) is 65.7 Å². The quantitative estimate of drug-likeness (QED) is 0.479. The van der Waals surface area contributed by atoms with E-state index < -0.39 is 10.0 Å². The van der Waals surface area contributed by atoms with Gasteiger partial charge in [0.25, 0.3) is 10.0 Å². The summed E-state index contributed by atoms with van der Waals surface area (Å²) in [5.74, 6) is 0.942. The number of hydrogen-bond donors (Lipinski definition) is 1. The molecule has 11 heteroatoms. The molecule has 2 aliphatic heterocycles. The summed E-state index contributed by atoms with van der Waals surface area (Å²) in [5.41, 5.74) is 1.94. The van der Waals surface area contributed by atoms with Crippen LogP contribution in [0.3, 0.4) is 0 Å². The van der Waals surface area contributed by atoms with Crippen molar-refractivity contribution in [1.29, 1.82) is 0 Å². The zero-order valence-corrected chi connectivity index (χ0v) is 21.7. The first-order valence-electron chi connectivity index (χ1n) is 11.9. The molecule has 3 heterocycles. The van der Waals surface area contributed by atoms with Gasteiger partial charge in [-0.15, -0.1) is 11.3 Å². The zero-order valence-electron chi connectivity index (χ0n) is 20.0. The molecule has 1 aromatic heterocycles. The van der Waals surface area contributed by atoms with Crippen molar-refractivity contribution in [2.45, 2.75) is 23.9 Å². The maximum absolute atomic E-state index is 13.3. The third-order valence-electron chi connectivity index (χ3n) is 6.68. The topological polar surface area (TPSA) is 95.1 Å². The highest BCUT2D eigenvalue weighted by Gasteiger charge is 2.37. The van der Waals surface area contributed by atoms with Gasteiger partial charge in [-0.25, -0.2) is 13.4 Å². The van der Waals surface area contributed by atoms with Crippen molar-refractivity contribution < 1.29 is 19.4 Å². The van der Waals surface area contributed by atoms with Gasteiger partial charge in [0, 0.05) is 58.0 Å². The van der Waals surface area contributed by atoms with Crippen LogP contribution in [0.15, 0.2) is 65.0 Å². The van der Waals surface area contributed by atoms with E-state index in [9.17, 15) is 13.2 Å². The largest absolute Gasteiger partial charge is 0.497 e. The summed E-state index contributed by atoms with van der Waals surface area (Å²) in [6.07, 6.45) is 2.31. The fourth-order valence-electron chi connectivity index (χ4n) is 4.78. The molecule has 0 unspecified atom stereocenters. The first-order chi connectivity index (χ1) is 17.4. The van der Waals surface area contributed by atoms with Crippen LogP contribution in [0.2, 0.25) is 0 Å². The van der Waals surface area contributed by atoms with Crippen molar-refractivity contribution in [2.24, 2.45) is 0 Å². The predicted octanol–water partition coefficient (Wildman–Crippen LogP) is 3.12. The third-order valence-corrected chi connectivity index (χ3v) is 8.85. The molecule has 9 nitrogen and oxygen atoms in total. The summed E-state index contributed by atoms with van der Waals surface area (Å²) >= 11 is 1.22. The molecular formula is C25H31N5O4S2. The number of carbonyl (C=O) groups is 1. The number of methoxy groups -OCH3 is 1. The molecule has 2 fully saturated rings. The van der Waals surface area contributed by atoms with Crippen molar-refractivity contribution in [2.75, 3.05) is 49.5 Å². The molecular weight excluding hydrogens is 498 g/mol. The van der Waals surface area contributed by atoms with E-state index in [4.69, 9.17) is 4.74 Å². The van der Waals surface area contributed by atoms with Gasteiger partial charge in [0.05, 0.1) is 18.0 Å². The molecule has 0 radical (unpaired) electrons. The standard InChI is InChI=1S/C25H29N5O4S2.H2/c1-34-21-4-2-3-19(17-21)18-28-12-14-29(15-13-28)23-9-11-30(24(23)31)20-5-7-22(8-6-20)36(32,33)27-25-26-10-16-35-25;/h2-8,10,16-17,23H,9,11-15,18H2,1H3,(H,26,27);1H/t23-;/m0./s1. The van der Waals surface area contributed by atoms with Gasteiger partial charge in [0.1, 0.15) is 5.75 Å². The Balaban J connectivity index is 0.00000320. The van der Waals surface area contributed by atoms with Gasteiger partial charge in [-0.3, -0.25) is 19.3 Å². The lowest BCUT2D eigenvalue weighted by atomic mass is 10.1. The number of amides is 1. The Morgan fingerprint density at radius 3 is 2.58 bits per heavy atom. The lowest BCUT2D eigenvalue weighted by molar-refractivity contribution is -0.122. The highest BCUT2D eigenvalue weighted by molar-refractivity contribution is 7.93. The van der Waals surface area contributed by atoms with E-state index in [2.05, 4.69) is 31.6 Å². The van der Waals surface area contributed by atoms with Gasteiger partial charge in [-0.1, -0.05) is 12.1 Å². The van der Waals surface area contributed by atoms with Crippen LogP contribution in [-0.2, 0) is 21.4 Å². The lowest BCUT2D eigenvalue weighted by Gasteiger charge is -2.37. The number of piperazine rings is 1. The Labute approximate surface area is 216 Å². The van der Waals surface area contributed by atoms with Crippen LogP contribution >= 0.6 is 11.3 Å². The van der Waals surface area contributed by atoms with E-state index in [0.717, 1.165) is 44.9 Å². The van der Waals surface area contributed by atoms with Gasteiger partial charge < -0.3 is 9.64 Å². The highest BCUT2D eigenvalue weighted by Crippen LogP contribution is 2.27. The molecule has 2 aliphatic rings. The smallest absolute Gasteiger partial charge is 0.263 e. The monoisotopic (exact) mass is 529 g/mol. The number of ether oxygens (including phenoxy) is 1. The van der Waals surface area contributed by atoms with E-state index in [1.54, 1.807) is 35.7 Å². The van der Waals surface area contributed by atoms with Gasteiger partial charge >= 0.3 is 0 Å². The summed E-state index contributed by atoms with van der Waals surface area (Å²) in [5, 5.41) is 2.02. The number of hydrogen-bond acceptors (Lipinski definition) is 8. The summed E-state index contributed by atoms with van der Waals surface area (Å²) in [6, 6.07) is 14.5. The normalized spacial score (nSPS) is 19.5. The second-order valence-corrected chi connectivity index (χ2v) is 11.5. The molecule has 2 saturated heterocycles. The molecule has 1 amide bonds. The number of nitrogens with one attached hydrogen (secondary N) is 1. The predicted molar refractivity (Wildman–Crippen MR) is 142 cm³/mol. The number of rotatable bonds is 8. The van der Waals surface area contributed by atoms with Crippen LogP contribution in [0, 0.1) is 0 Å². The molecule has 1 N–H and O–H groups in total. The van der Waals surface area contributed by atoms with Crippen molar-refractivity contribution in [3.63, 3.8) is 0 Å². The molecule has 5 rings (SSSR count). The fourth-order valence-corrected chi connectivity index (χ4v) is 6.56. The average molecular weight is 530 g/mol. The van der Waals surface area contributed by atoms with Crippen LogP contribution < -0.4 is 14.4 Å². The van der Waals surface area contributed by atoms with E-state index in [1.807, 2.05) is 12.1 Å². The Morgan fingerprint density at radius 2 is 1.89 bits per heavy atom. The first kappa shape index (κ1) is 24.7. The molecule has 192 valence electrons. The maximum atomic E-state index is 13.3. The molecule has 0 saturated carbocycles. The summed E-state index contributed by atoms with van der Waals surface area (Å²) < 4.78 is 33.0. The molecule has 0 aliphatic carbocycles. The number of aromatic nitrogens is 1. The van der Waals surface area contributed by atoms with Crippen LogP contribution in [0.4, 0.5) is 10.8 Å². The molecule has 36 heavy (non-hydrogen) atoms.